The van der Waals surface area contributed by atoms with Gasteiger partial charge in [0.25, 0.3) is 0 Å². The van der Waals surface area contributed by atoms with Gasteiger partial charge < -0.3 is 0 Å². The van der Waals surface area contributed by atoms with Crippen LogP contribution in [-0.2, 0) is 0 Å². The van der Waals surface area contributed by atoms with Crippen molar-refractivity contribution in [2.24, 2.45) is 0 Å². The maximum Gasteiger partial charge on any atom is 0.0327 e. The molecule has 0 aromatic rings. The fourth-order valence-electron chi connectivity index (χ4n) is 3.76. The molecule has 0 heterocycles. The zero-order chi connectivity index (χ0) is 17.3. The fraction of sp³-hybridized carbons (Fsp3) is 0.818. The predicted octanol–water partition coefficient (Wildman–Crippen LogP) is 6.58. The summed E-state index contributed by atoms with van der Waals surface area (Å²) in [6.45, 7) is 4.61. The normalized spacial score (nSPS) is 20.9. The van der Waals surface area contributed by atoms with Crippen molar-refractivity contribution in [3.05, 3.63) is 24.3 Å². The lowest BCUT2D eigenvalue weighted by atomic mass is 10.1. The van der Waals surface area contributed by atoms with E-state index < -0.39 is 0 Å². The van der Waals surface area contributed by atoms with Crippen LogP contribution in [0.15, 0.2) is 24.3 Å². The van der Waals surface area contributed by atoms with Crippen molar-refractivity contribution < 1.29 is 0 Å². The van der Waals surface area contributed by atoms with Crippen molar-refractivity contribution in [1.82, 2.24) is 0 Å². The smallest absolute Gasteiger partial charge is 0.0327 e. The summed E-state index contributed by atoms with van der Waals surface area (Å²) in [6, 6.07) is 3.12. The molecule has 140 valence electrons. The Labute approximate surface area is 157 Å². The highest BCUT2D eigenvalue weighted by molar-refractivity contribution is 6.41. The quantitative estimate of drug-likeness (QED) is 0.165. The van der Waals surface area contributed by atoms with Crippen LogP contribution in [0.3, 0.4) is 0 Å². The van der Waals surface area contributed by atoms with E-state index in [4.69, 9.17) is 0 Å². The molecule has 0 aromatic heterocycles. The van der Waals surface area contributed by atoms with Crippen LogP contribution in [0.2, 0.25) is 23.2 Å². The van der Waals surface area contributed by atoms with E-state index in [1.54, 1.807) is 12.1 Å². The lowest BCUT2D eigenvalue weighted by Gasteiger charge is -2.16. The van der Waals surface area contributed by atoms with E-state index in [2.05, 4.69) is 38.2 Å². The summed E-state index contributed by atoms with van der Waals surface area (Å²) in [6.07, 6.45) is 27.8. The fourth-order valence-corrected chi connectivity index (χ4v) is 7.38. The van der Waals surface area contributed by atoms with Crippen LogP contribution in [-0.4, -0.2) is 19.0 Å². The minimum absolute atomic E-state index is 0.110. The molecule has 0 amide bonds. The number of rotatable bonds is 16. The predicted molar refractivity (Wildman–Crippen MR) is 119 cm³/mol. The summed E-state index contributed by atoms with van der Waals surface area (Å²) in [5.74, 6) is 0. The summed E-state index contributed by atoms with van der Waals surface area (Å²) < 4.78 is 0. The van der Waals surface area contributed by atoms with Gasteiger partial charge in [0.05, 0.1) is 0 Å². The largest absolute Gasteiger partial charge is 0.0847 e. The summed E-state index contributed by atoms with van der Waals surface area (Å²) >= 11 is 0. The third-order valence-electron chi connectivity index (χ3n) is 5.49. The van der Waals surface area contributed by atoms with Crippen molar-refractivity contribution >= 4 is 19.0 Å². The zero-order valence-electron chi connectivity index (χ0n) is 16.8. The molecule has 0 saturated heterocycles. The van der Waals surface area contributed by atoms with Gasteiger partial charge in [0.15, 0.2) is 0 Å². The monoisotopic (exact) mass is 364 g/mol. The van der Waals surface area contributed by atoms with Crippen LogP contribution in [0.1, 0.15) is 90.9 Å². The Morgan fingerprint density at radius 2 is 0.833 bits per heavy atom. The van der Waals surface area contributed by atoms with Gasteiger partial charge in [-0.15, -0.1) is 0 Å². The molecule has 0 nitrogen and oxygen atoms in total. The van der Waals surface area contributed by atoms with Crippen molar-refractivity contribution in [1.29, 1.82) is 0 Å². The molecule has 24 heavy (non-hydrogen) atoms. The van der Waals surface area contributed by atoms with Crippen LogP contribution in [0.5, 0.6) is 0 Å². The molecule has 0 bridgehead atoms. The molecule has 2 heteroatoms. The molecule has 0 atom stereocenters. The number of unbranched alkanes of at least 4 members (excludes halogenated alkanes) is 10. The average molecular weight is 365 g/mol. The van der Waals surface area contributed by atoms with Crippen molar-refractivity contribution in [3.63, 3.8) is 0 Å². The van der Waals surface area contributed by atoms with Crippen LogP contribution < -0.4 is 0 Å². The van der Waals surface area contributed by atoms with Crippen LogP contribution in [0, 0.1) is 0 Å². The molecule has 0 saturated carbocycles. The molecular weight excluding hydrogens is 320 g/mol. The second-order valence-electron chi connectivity index (χ2n) is 7.92. The van der Waals surface area contributed by atoms with E-state index in [0.717, 1.165) is 11.1 Å². The molecule has 0 spiro atoms. The van der Waals surface area contributed by atoms with Gasteiger partial charge in [0.2, 0.25) is 0 Å². The van der Waals surface area contributed by atoms with E-state index in [0.29, 0.717) is 0 Å². The maximum atomic E-state index is 2.59. The van der Waals surface area contributed by atoms with Gasteiger partial charge in [-0.05, 0) is 11.1 Å². The van der Waals surface area contributed by atoms with Crippen LogP contribution in [0.25, 0.3) is 0 Å². The molecule has 0 aliphatic heterocycles. The molecule has 0 N–H and O–H groups in total. The van der Waals surface area contributed by atoms with Crippen LogP contribution >= 0.6 is 0 Å². The zero-order valence-corrected chi connectivity index (χ0v) is 19.6. The molecule has 1 aliphatic rings. The number of hydrogen-bond acceptors (Lipinski definition) is 0. The average Bonchev–Trinajstić information content (AvgIpc) is 2.61. The Bertz CT molecular complexity index is 278. The Balaban J connectivity index is 1.93. The van der Waals surface area contributed by atoms with E-state index >= 15 is 0 Å². The minimum Gasteiger partial charge on any atom is -0.0847 e. The van der Waals surface area contributed by atoms with Crippen molar-refractivity contribution in [2.45, 2.75) is 114 Å². The standard InChI is InChI=1S/C22H44Si2/c1-3-5-7-9-11-13-19-23-21-15-17-22(18-16-21)24-20-14-12-10-8-6-4-2/h15-18,21-22H,3-14,19-20,23-24H2,1-2H3. The lowest BCUT2D eigenvalue weighted by molar-refractivity contribution is 0.623. The molecular formula is C22H44Si2. The minimum atomic E-state index is 0.110. The van der Waals surface area contributed by atoms with Crippen molar-refractivity contribution in [3.8, 4) is 0 Å². The maximum absolute atomic E-state index is 2.59. The first-order chi connectivity index (χ1) is 11.9. The van der Waals surface area contributed by atoms with Gasteiger partial charge in [-0.2, -0.15) is 0 Å². The Hall–Kier alpha value is -0.0862. The molecule has 1 rings (SSSR count). The van der Waals surface area contributed by atoms with Gasteiger partial charge >= 0.3 is 0 Å². The van der Waals surface area contributed by atoms with Gasteiger partial charge in [-0.3, -0.25) is 0 Å². The molecule has 0 unspecified atom stereocenters. The Morgan fingerprint density at radius 1 is 0.500 bits per heavy atom. The molecule has 1 aliphatic carbocycles. The first-order valence-corrected chi connectivity index (χ1v) is 14.9. The number of hydrogen-bond donors (Lipinski definition) is 0. The third kappa shape index (κ3) is 12.3. The second-order valence-corrected chi connectivity index (χ2v) is 12.4. The third-order valence-corrected chi connectivity index (χ3v) is 9.73. The first kappa shape index (κ1) is 22.0. The Morgan fingerprint density at radius 3 is 1.21 bits per heavy atom. The van der Waals surface area contributed by atoms with E-state index in [9.17, 15) is 0 Å². The summed E-state index contributed by atoms with van der Waals surface area (Å²) in [4.78, 5) is 0. The van der Waals surface area contributed by atoms with E-state index in [-0.39, 0.29) is 19.0 Å². The SMILES string of the molecule is CCCCCCCC[SiH2]C1C=CC([SiH2]CCCCCCCC)C=C1. The van der Waals surface area contributed by atoms with E-state index in [1.165, 1.54) is 77.0 Å². The van der Waals surface area contributed by atoms with Gasteiger partial charge in [0, 0.05) is 19.0 Å². The van der Waals surface area contributed by atoms with Gasteiger partial charge in [0.1, 0.15) is 0 Å². The topological polar surface area (TPSA) is 0 Å². The lowest BCUT2D eigenvalue weighted by Crippen LogP contribution is -2.06. The molecule has 0 fully saturated rings. The van der Waals surface area contributed by atoms with Gasteiger partial charge in [-0.1, -0.05) is 127 Å². The molecule has 0 radical (unpaired) electrons. The summed E-state index contributed by atoms with van der Waals surface area (Å²) in [5, 5.41) is 0. The first-order valence-electron chi connectivity index (χ1n) is 11.2. The highest BCUT2D eigenvalue weighted by Crippen LogP contribution is 2.24. The highest BCUT2D eigenvalue weighted by Gasteiger charge is 2.10. The summed E-state index contributed by atoms with van der Waals surface area (Å²) in [5.41, 5.74) is 1.78. The van der Waals surface area contributed by atoms with Crippen LogP contribution in [0.4, 0.5) is 0 Å². The van der Waals surface area contributed by atoms with Gasteiger partial charge in [-0.25, -0.2) is 0 Å². The second kappa shape index (κ2) is 16.4. The highest BCUT2D eigenvalue weighted by atomic mass is 28.2. The number of allylic oxidation sites excluding steroid dienone is 4. The molecule has 0 aromatic carbocycles. The Kier molecular flexibility index (Phi) is 15.0. The summed E-state index contributed by atoms with van der Waals surface area (Å²) in [7, 11) is 0.219. The van der Waals surface area contributed by atoms with E-state index in [1.807, 2.05) is 0 Å². The van der Waals surface area contributed by atoms with Crippen molar-refractivity contribution in [2.75, 3.05) is 0 Å².